The zero-order valence-corrected chi connectivity index (χ0v) is 13.9. The molecule has 1 aliphatic rings. The van der Waals surface area contributed by atoms with E-state index in [1.165, 1.54) is 0 Å². The van der Waals surface area contributed by atoms with Crippen LogP contribution in [-0.4, -0.2) is 11.2 Å². The molecule has 5 heteroatoms. The number of hydrogen-bond donors (Lipinski definition) is 1. The van der Waals surface area contributed by atoms with Crippen molar-refractivity contribution in [2.24, 2.45) is 10.7 Å². The molecule has 4 nitrogen and oxygen atoms in total. The number of benzene rings is 2. The minimum Gasteiger partial charge on any atom is -0.300 e. The lowest BCUT2D eigenvalue weighted by atomic mass is 9.95. The van der Waals surface area contributed by atoms with Crippen molar-refractivity contribution in [3.63, 3.8) is 0 Å². The van der Waals surface area contributed by atoms with Gasteiger partial charge in [0.2, 0.25) is 0 Å². The van der Waals surface area contributed by atoms with E-state index in [1.54, 1.807) is 18.5 Å². The molecule has 1 atom stereocenters. The van der Waals surface area contributed by atoms with Crippen molar-refractivity contribution < 1.29 is 0 Å². The third-order valence-corrected chi connectivity index (χ3v) is 4.46. The summed E-state index contributed by atoms with van der Waals surface area (Å²) in [6.45, 7) is 0. The molecule has 0 saturated carbocycles. The van der Waals surface area contributed by atoms with E-state index in [0.29, 0.717) is 10.6 Å². The smallest absolute Gasteiger partial charge is 0.155 e. The lowest BCUT2D eigenvalue weighted by molar-refractivity contribution is 0.614. The van der Waals surface area contributed by atoms with Gasteiger partial charge in [0.25, 0.3) is 0 Å². The summed E-state index contributed by atoms with van der Waals surface area (Å²) in [5, 5.41) is 10.6. The van der Waals surface area contributed by atoms with Crippen LogP contribution in [0.3, 0.4) is 0 Å². The van der Waals surface area contributed by atoms with Crippen LogP contribution in [0.1, 0.15) is 16.7 Å². The summed E-state index contributed by atoms with van der Waals surface area (Å²) in [5.74, 6) is 0. The average Bonchev–Trinajstić information content (AvgIpc) is 3.04. The van der Waals surface area contributed by atoms with Crippen LogP contribution < -0.4 is 5.73 Å². The Hall–Kier alpha value is -3.00. The van der Waals surface area contributed by atoms with E-state index in [-0.39, 0.29) is 0 Å². The van der Waals surface area contributed by atoms with E-state index in [9.17, 15) is 0 Å². The van der Waals surface area contributed by atoms with Crippen molar-refractivity contribution in [3.05, 3.63) is 82.5 Å². The number of nitrogens with zero attached hydrogens (tertiary/aromatic N) is 3. The van der Waals surface area contributed by atoms with Gasteiger partial charge in [-0.3, -0.25) is 15.7 Å². The second-order valence-electron chi connectivity index (χ2n) is 5.91. The molecule has 2 N–H and O–H groups in total. The van der Waals surface area contributed by atoms with Gasteiger partial charge in [0, 0.05) is 28.4 Å². The predicted octanol–water partition coefficient (Wildman–Crippen LogP) is 4.04. The Kier molecular flexibility index (Phi) is 3.61. The Bertz CT molecular complexity index is 1090. The number of allylic oxidation sites excluding steroid dienone is 1. The summed E-state index contributed by atoms with van der Waals surface area (Å²) in [7, 11) is 0. The van der Waals surface area contributed by atoms with Gasteiger partial charge in [-0.05, 0) is 35.4 Å². The van der Waals surface area contributed by atoms with Crippen LogP contribution in [0.4, 0.5) is 0 Å². The van der Waals surface area contributed by atoms with Crippen molar-refractivity contribution in [2.75, 3.05) is 0 Å². The molecule has 0 saturated heterocycles. The Labute approximate surface area is 149 Å². The molecule has 2 heterocycles. The molecule has 0 fully saturated rings. The summed E-state index contributed by atoms with van der Waals surface area (Å²) in [6.07, 6.45) is 5.22. The van der Waals surface area contributed by atoms with Gasteiger partial charge in [0.05, 0.1) is 11.1 Å². The highest BCUT2D eigenvalue weighted by Gasteiger charge is 2.30. The molecule has 0 spiro atoms. The summed E-state index contributed by atoms with van der Waals surface area (Å²) in [5.41, 5.74) is 9.49. The summed E-state index contributed by atoms with van der Waals surface area (Å²) < 4.78 is 0. The summed E-state index contributed by atoms with van der Waals surface area (Å²) in [4.78, 5) is 8.96. The molecule has 3 aromatic rings. The highest BCUT2D eigenvalue weighted by atomic mass is 35.5. The van der Waals surface area contributed by atoms with Gasteiger partial charge in [0.15, 0.2) is 5.66 Å². The van der Waals surface area contributed by atoms with Crippen molar-refractivity contribution >= 4 is 34.3 Å². The normalized spacial score (nSPS) is 19.0. The number of halogens is 1. The molecule has 120 valence electrons. The minimum atomic E-state index is -1.00. The Morgan fingerprint density at radius 2 is 1.96 bits per heavy atom. The van der Waals surface area contributed by atoms with E-state index in [1.807, 2.05) is 48.5 Å². The Morgan fingerprint density at radius 3 is 2.76 bits per heavy atom. The quantitative estimate of drug-likeness (QED) is 0.762. The maximum absolute atomic E-state index is 9.05. The average molecular weight is 345 g/mol. The first-order chi connectivity index (χ1) is 12.1. The lowest BCUT2D eigenvalue weighted by Gasteiger charge is -2.20. The van der Waals surface area contributed by atoms with Crippen LogP contribution in [0.25, 0.3) is 16.5 Å². The van der Waals surface area contributed by atoms with Gasteiger partial charge in [-0.15, -0.1) is 0 Å². The Balaban J connectivity index is 1.84. The van der Waals surface area contributed by atoms with Gasteiger partial charge >= 0.3 is 0 Å². The van der Waals surface area contributed by atoms with Crippen molar-refractivity contribution in [1.82, 2.24) is 4.98 Å². The molecule has 0 aliphatic carbocycles. The van der Waals surface area contributed by atoms with E-state index < -0.39 is 5.66 Å². The molecular weight excluding hydrogens is 332 g/mol. The molecule has 0 amide bonds. The van der Waals surface area contributed by atoms with E-state index in [2.05, 4.69) is 16.0 Å². The number of para-hydroxylation sites is 1. The number of aliphatic imine (C=N–C) groups is 1. The van der Waals surface area contributed by atoms with Crippen molar-refractivity contribution in [2.45, 2.75) is 5.66 Å². The van der Waals surface area contributed by atoms with Crippen LogP contribution in [0, 0.1) is 11.3 Å². The molecule has 0 radical (unpaired) electrons. The fourth-order valence-corrected chi connectivity index (χ4v) is 3.20. The van der Waals surface area contributed by atoms with Gasteiger partial charge in [-0.2, -0.15) is 5.26 Å². The van der Waals surface area contributed by atoms with E-state index in [0.717, 1.165) is 27.6 Å². The molecule has 0 bridgehead atoms. The monoisotopic (exact) mass is 344 g/mol. The summed E-state index contributed by atoms with van der Waals surface area (Å²) in [6, 6.07) is 17.2. The van der Waals surface area contributed by atoms with Crippen LogP contribution in [0.2, 0.25) is 5.02 Å². The van der Waals surface area contributed by atoms with Gasteiger partial charge in [-0.1, -0.05) is 41.9 Å². The molecule has 4 rings (SSSR count). The molecule has 25 heavy (non-hydrogen) atoms. The third-order valence-electron chi connectivity index (χ3n) is 4.22. The maximum Gasteiger partial charge on any atom is 0.155 e. The van der Waals surface area contributed by atoms with Crippen LogP contribution in [-0.2, 0) is 5.66 Å². The first-order valence-corrected chi connectivity index (χ1v) is 8.09. The summed E-state index contributed by atoms with van der Waals surface area (Å²) >= 11 is 6.08. The first kappa shape index (κ1) is 15.5. The largest absolute Gasteiger partial charge is 0.300 e. The van der Waals surface area contributed by atoms with Gasteiger partial charge in [0.1, 0.15) is 6.07 Å². The predicted molar refractivity (Wildman–Crippen MR) is 100 cm³/mol. The number of hydrogen-bond acceptors (Lipinski definition) is 4. The zero-order valence-electron chi connectivity index (χ0n) is 13.1. The lowest BCUT2D eigenvalue weighted by Crippen LogP contribution is -2.31. The molecule has 1 aromatic heterocycles. The van der Waals surface area contributed by atoms with Crippen LogP contribution in [0.5, 0.6) is 0 Å². The molecular formula is C20H13ClN4. The van der Waals surface area contributed by atoms with Crippen LogP contribution in [0.15, 0.2) is 65.8 Å². The number of nitrogens with two attached hydrogens (primary N) is 1. The van der Waals surface area contributed by atoms with Crippen molar-refractivity contribution in [3.8, 4) is 6.07 Å². The van der Waals surface area contributed by atoms with Gasteiger partial charge in [-0.25, -0.2) is 0 Å². The topological polar surface area (TPSA) is 75.1 Å². The Morgan fingerprint density at radius 1 is 1.12 bits per heavy atom. The standard InChI is InChI=1S/C20H13ClN4/c21-17-5-1-3-14(8-17)16-9-20(23,25-12-16)18-6-2-4-15-7-13(10-22)11-24-19(15)18/h1-9,11-12H,23H2. The maximum atomic E-state index is 9.05. The first-order valence-electron chi connectivity index (χ1n) is 7.71. The fourth-order valence-electron chi connectivity index (χ4n) is 3.01. The molecule has 2 aromatic carbocycles. The SMILES string of the molecule is N#Cc1cnc2c(C3(N)C=C(c4cccc(Cl)c4)C=N3)cccc2c1. The fraction of sp³-hybridized carbons (Fsp3) is 0.0500. The third kappa shape index (κ3) is 2.70. The highest BCUT2D eigenvalue weighted by molar-refractivity contribution is 6.31. The second-order valence-corrected chi connectivity index (χ2v) is 6.34. The molecule has 1 unspecified atom stereocenters. The number of aromatic nitrogens is 1. The van der Waals surface area contributed by atoms with Crippen molar-refractivity contribution in [1.29, 1.82) is 5.26 Å². The number of fused-ring (bicyclic) bond motifs is 1. The zero-order chi connectivity index (χ0) is 17.4. The van der Waals surface area contributed by atoms with Gasteiger partial charge < -0.3 is 0 Å². The molecule has 1 aliphatic heterocycles. The number of pyridine rings is 1. The number of rotatable bonds is 2. The number of nitriles is 1. The second kappa shape index (κ2) is 5.82. The van der Waals surface area contributed by atoms with Crippen LogP contribution >= 0.6 is 11.6 Å². The highest BCUT2D eigenvalue weighted by Crippen LogP contribution is 2.34. The van der Waals surface area contributed by atoms with E-state index >= 15 is 0 Å². The van der Waals surface area contributed by atoms with E-state index in [4.69, 9.17) is 22.6 Å². The minimum absolute atomic E-state index is 0.515.